The molecule has 0 amide bonds. The fourth-order valence-electron chi connectivity index (χ4n) is 7.08. The van der Waals surface area contributed by atoms with Gasteiger partial charge in [0.05, 0.1) is 41.3 Å². The van der Waals surface area contributed by atoms with Gasteiger partial charge in [-0.1, -0.05) is 13.8 Å². The van der Waals surface area contributed by atoms with Crippen molar-refractivity contribution in [3.63, 3.8) is 0 Å². The first-order valence-corrected chi connectivity index (χ1v) is 15.7. The van der Waals surface area contributed by atoms with Gasteiger partial charge in [0, 0.05) is 58.9 Å². The van der Waals surface area contributed by atoms with E-state index in [0.29, 0.717) is 58.2 Å². The van der Waals surface area contributed by atoms with Crippen LogP contribution in [0.5, 0.6) is 0 Å². The van der Waals surface area contributed by atoms with Gasteiger partial charge in [0.1, 0.15) is 11.5 Å². The molecule has 8 bridgehead atoms. The van der Waals surface area contributed by atoms with Gasteiger partial charge in [0.15, 0.2) is 0 Å². The Morgan fingerprint density at radius 3 is 2.40 bits per heavy atom. The minimum absolute atomic E-state index is 0.0149. The number of alkyl halides is 3. The maximum atomic E-state index is 13.2. The highest BCUT2D eigenvalue weighted by atomic mass is 19.4. The summed E-state index contributed by atoms with van der Waals surface area (Å²) in [5.41, 5.74) is 8.86. The van der Waals surface area contributed by atoms with E-state index in [1.807, 2.05) is 33.8 Å². The number of methoxy groups -OCH3 is 1. The number of allylic oxidation sites excluding steroid dienone is 12. The van der Waals surface area contributed by atoms with Gasteiger partial charge in [0.25, 0.3) is 5.78 Å². The molecule has 0 aromatic carbocycles. The third kappa shape index (κ3) is 5.42. The Kier molecular flexibility index (Phi) is 8.17. The number of aliphatic hydroxyl groups excluding tert-OH is 2. The third-order valence-electron chi connectivity index (χ3n) is 9.74. The third-order valence-corrected chi connectivity index (χ3v) is 9.74. The smallest absolute Gasteiger partial charge is 0.454 e. The highest BCUT2D eigenvalue weighted by Gasteiger charge is 2.42. The van der Waals surface area contributed by atoms with E-state index in [4.69, 9.17) is 19.7 Å². The minimum Gasteiger partial charge on any atom is -0.511 e. The lowest BCUT2D eigenvalue weighted by atomic mass is 9.86. The summed E-state index contributed by atoms with van der Waals surface area (Å²) < 4.78 is 44.5. The first-order chi connectivity index (χ1) is 22.6. The second-order valence-electron chi connectivity index (χ2n) is 12.5. The summed E-state index contributed by atoms with van der Waals surface area (Å²) in [5, 5.41) is 25.7. The Balaban J connectivity index is 1.60. The first-order valence-electron chi connectivity index (χ1n) is 15.7. The fourth-order valence-corrected chi connectivity index (χ4v) is 7.08. The van der Waals surface area contributed by atoms with Crippen molar-refractivity contribution in [2.45, 2.75) is 66.5 Å². The molecule has 6 rings (SSSR count). The Labute approximate surface area is 275 Å². The molecule has 1 aliphatic carbocycles. The fraction of sp³-hybridized carbons (Fsp3) is 0.361. The molecular weight excluding hydrogens is 625 g/mol. The highest BCUT2D eigenvalue weighted by Crippen LogP contribution is 2.46. The van der Waals surface area contributed by atoms with E-state index in [2.05, 4.69) is 5.32 Å². The lowest BCUT2D eigenvalue weighted by molar-refractivity contribution is -0.165. The summed E-state index contributed by atoms with van der Waals surface area (Å²) in [6, 6.07) is 0. The number of rotatable bonds is 6. The largest absolute Gasteiger partial charge is 0.511 e. The molecule has 0 spiro atoms. The number of fused-ring (bicyclic) bond motifs is 5. The average Bonchev–Trinajstić information content (AvgIpc) is 3.77. The van der Waals surface area contributed by atoms with Gasteiger partial charge < -0.3 is 20.3 Å². The van der Waals surface area contributed by atoms with Crippen molar-refractivity contribution in [3.8, 4) is 0 Å². The summed E-state index contributed by atoms with van der Waals surface area (Å²) in [6.45, 7) is 9.37. The summed E-state index contributed by atoms with van der Waals surface area (Å²) in [7, 11) is 1.33. The maximum Gasteiger partial charge on any atom is 0.454 e. The van der Waals surface area contributed by atoms with Crippen LogP contribution >= 0.6 is 0 Å². The van der Waals surface area contributed by atoms with Gasteiger partial charge in [-0.3, -0.25) is 9.59 Å². The number of esters is 1. The van der Waals surface area contributed by atoms with E-state index in [9.17, 15) is 33.0 Å². The van der Waals surface area contributed by atoms with Crippen molar-refractivity contribution in [2.75, 3.05) is 7.11 Å². The van der Waals surface area contributed by atoms with Crippen LogP contribution in [0.15, 0.2) is 118 Å². The summed E-state index contributed by atoms with van der Waals surface area (Å²) in [6.07, 6.45) is 1.69. The van der Waals surface area contributed by atoms with Gasteiger partial charge >= 0.3 is 12.1 Å². The average molecular weight is 661 g/mol. The first kappa shape index (κ1) is 32.9. The molecule has 9 nitrogen and oxygen atoms in total. The van der Waals surface area contributed by atoms with Crippen LogP contribution in [0.25, 0.3) is 0 Å². The zero-order valence-corrected chi connectivity index (χ0v) is 27.4. The Morgan fingerprint density at radius 2 is 1.73 bits per heavy atom. The van der Waals surface area contributed by atoms with Crippen molar-refractivity contribution in [3.05, 3.63) is 103 Å². The van der Waals surface area contributed by atoms with Crippen LogP contribution in [0.3, 0.4) is 0 Å². The zero-order valence-electron chi connectivity index (χ0n) is 27.4. The van der Waals surface area contributed by atoms with Crippen molar-refractivity contribution < 1.29 is 37.7 Å². The van der Waals surface area contributed by atoms with Crippen LogP contribution < -0.4 is 5.32 Å². The van der Waals surface area contributed by atoms with E-state index in [1.54, 1.807) is 19.1 Å². The van der Waals surface area contributed by atoms with Crippen LogP contribution in [0.4, 0.5) is 13.2 Å². The van der Waals surface area contributed by atoms with Crippen molar-refractivity contribution in [2.24, 2.45) is 26.8 Å². The molecule has 0 aromatic heterocycles. The van der Waals surface area contributed by atoms with Gasteiger partial charge in [-0.15, -0.1) is 0 Å². The van der Waals surface area contributed by atoms with Gasteiger partial charge in [-0.05, 0) is 74.1 Å². The van der Waals surface area contributed by atoms with E-state index in [-0.39, 0.29) is 53.8 Å². The van der Waals surface area contributed by atoms with Crippen molar-refractivity contribution in [1.29, 1.82) is 0 Å². The molecule has 2 atom stereocenters. The molecule has 0 saturated carbocycles. The molecule has 0 aromatic rings. The molecule has 0 radical (unpaired) electrons. The Bertz CT molecular complexity index is 1970. The lowest BCUT2D eigenvalue weighted by Gasteiger charge is -2.17. The molecule has 6 aliphatic rings. The summed E-state index contributed by atoms with van der Waals surface area (Å²) in [5.74, 6) is -3.59. The predicted molar refractivity (Wildman–Crippen MR) is 175 cm³/mol. The molecule has 1 fully saturated rings. The van der Waals surface area contributed by atoms with Crippen molar-refractivity contribution in [1.82, 2.24) is 5.32 Å². The number of ether oxygens (including phenoxy) is 1. The second-order valence-corrected chi connectivity index (χ2v) is 12.5. The molecule has 250 valence electrons. The zero-order chi connectivity index (χ0) is 34.8. The number of aliphatic hydroxyl groups is 2. The number of nitrogens with zero attached hydrogens (tertiary/aromatic N) is 3. The quantitative estimate of drug-likeness (QED) is 0.157. The molecule has 5 aliphatic heterocycles. The number of carbonyl (C=O) groups excluding carboxylic acids is 2. The SMILES string of the molecule is CCC1=C(C)C2=NC1=CC1=C(C)C3=C(O)CC(=C4NC(=CC5=NC(=C2)C(/C(O)=C\C(=O)C(F)(F)F)=C5C)[C@@H](C)[C@@H]4CCC(=O)OC)C3=N1. The van der Waals surface area contributed by atoms with E-state index >= 15 is 0 Å². The molecule has 1 saturated heterocycles. The molecule has 3 N–H and O–H groups in total. The summed E-state index contributed by atoms with van der Waals surface area (Å²) >= 11 is 0. The van der Waals surface area contributed by atoms with Gasteiger partial charge in [-0.2, -0.15) is 13.2 Å². The number of hydrogen-bond acceptors (Lipinski definition) is 9. The Morgan fingerprint density at radius 1 is 1.04 bits per heavy atom. The number of halogens is 3. The van der Waals surface area contributed by atoms with E-state index in [0.717, 1.165) is 28.0 Å². The minimum atomic E-state index is -5.17. The summed E-state index contributed by atoms with van der Waals surface area (Å²) in [4.78, 5) is 38.7. The standard InChI is InChI=1S/C36H35F3N4O5/c1-7-19-15(2)22-13-27-32(29(45)14-30(46)36(37,38)39)17(4)24(41-27)11-23-16(3)20(8-9-31(47)48-6)34(42-23)21-10-28(44)33-18(5)25(43-35(21)33)12-26(19)40-22/h11-14,16,20,42,44-45H,7-10H2,1-6H3/b23-11?,26-12?,27-13?,29-14+,34-21?/t16-,20-/m0/s1. The van der Waals surface area contributed by atoms with Crippen LogP contribution in [0, 0.1) is 11.8 Å². The molecule has 0 unspecified atom stereocenters. The topological polar surface area (TPSA) is 133 Å². The van der Waals surface area contributed by atoms with Crippen LogP contribution in [0.1, 0.15) is 60.3 Å². The highest BCUT2D eigenvalue weighted by molar-refractivity contribution is 6.21. The van der Waals surface area contributed by atoms with Gasteiger partial charge in [-0.25, -0.2) is 15.0 Å². The Hall–Kier alpha value is -5.00. The lowest BCUT2D eigenvalue weighted by Crippen LogP contribution is -2.21. The van der Waals surface area contributed by atoms with E-state index < -0.39 is 17.7 Å². The molecule has 5 heterocycles. The van der Waals surface area contributed by atoms with Crippen LogP contribution in [-0.2, 0) is 14.3 Å². The predicted octanol–water partition coefficient (Wildman–Crippen LogP) is 7.18. The monoisotopic (exact) mass is 660 g/mol. The number of aliphatic imine (C=N–C) groups is 3. The van der Waals surface area contributed by atoms with Crippen molar-refractivity contribution >= 4 is 28.9 Å². The number of nitrogens with one attached hydrogen (secondary N) is 1. The number of ketones is 1. The van der Waals surface area contributed by atoms with Crippen LogP contribution in [0.2, 0.25) is 0 Å². The van der Waals surface area contributed by atoms with E-state index in [1.165, 1.54) is 7.11 Å². The van der Waals surface area contributed by atoms with Gasteiger partial charge in [0.2, 0.25) is 0 Å². The number of hydrogen-bond donors (Lipinski definition) is 3. The maximum absolute atomic E-state index is 13.2. The normalized spacial score (nSPS) is 23.8. The number of carbonyl (C=O) groups is 2. The second kappa shape index (κ2) is 11.9. The molecule has 48 heavy (non-hydrogen) atoms. The van der Waals surface area contributed by atoms with Crippen LogP contribution in [-0.4, -0.2) is 52.4 Å². The molecule has 12 heteroatoms. The molecular formula is C36H35F3N4O5.